The molecular weight excluding hydrogens is 412 g/mol. The number of aryl methyl sites for hydroxylation is 2. The number of hydrogen-bond donors (Lipinski definition) is 2. The van der Waals surface area contributed by atoms with Gasteiger partial charge in [-0.05, 0) is 42.5 Å². The van der Waals surface area contributed by atoms with Gasteiger partial charge in [-0.2, -0.15) is 0 Å². The molecule has 170 valence electrons. The zero-order valence-electron chi connectivity index (χ0n) is 19.5. The molecule has 0 amide bonds. The summed E-state index contributed by atoms with van der Waals surface area (Å²) in [6.45, 7) is 8.14. The number of aromatic nitrogens is 5. The monoisotopic (exact) mass is 442 g/mol. The number of H-pyrrole nitrogens is 1. The van der Waals surface area contributed by atoms with E-state index in [2.05, 4.69) is 32.9 Å². The summed E-state index contributed by atoms with van der Waals surface area (Å²) < 4.78 is 1.86. The molecule has 7 nitrogen and oxygen atoms in total. The number of nitrogens with zero attached hydrogens (tertiary/aromatic N) is 4. The Hall–Kier alpha value is -4.00. The Morgan fingerprint density at radius 1 is 1.00 bits per heavy atom. The Bertz CT molecular complexity index is 1390. The van der Waals surface area contributed by atoms with E-state index in [0.717, 1.165) is 40.6 Å². The lowest BCUT2D eigenvalue weighted by Crippen LogP contribution is -2.22. The maximum absolute atomic E-state index is 13.0. The molecular formula is C26H30N6O. The van der Waals surface area contributed by atoms with Crippen LogP contribution >= 0.6 is 0 Å². The first kappa shape index (κ1) is 23.7. The van der Waals surface area contributed by atoms with Crippen LogP contribution in [0.1, 0.15) is 38.4 Å². The summed E-state index contributed by atoms with van der Waals surface area (Å²) in [4.78, 5) is 27.4. The van der Waals surface area contributed by atoms with Gasteiger partial charge in [-0.1, -0.05) is 63.6 Å². The molecule has 0 aliphatic carbocycles. The molecule has 0 saturated carbocycles. The van der Waals surface area contributed by atoms with E-state index in [0.29, 0.717) is 17.0 Å². The van der Waals surface area contributed by atoms with Gasteiger partial charge in [0.25, 0.3) is 5.56 Å². The van der Waals surface area contributed by atoms with Crippen molar-refractivity contribution in [3.63, 3.8) is 0 Å². The van der Waals surface area contributed by atoms with Crippen LogP contribution < -0.4 is 11.3 Å². The van der Waals surface area contributed by atoms with Crippen LogP contribution in [0.3, 0.4) is 0 Å². The molecule has 5 aromatic rings. The third kappa shape index (κ3) is 5.09. The molecule has 0 fully saturated rings. The molecule has 0 unspecified atom stereocenters. The fraction of sp³-hybridized carbons (Fsp3) is 0.231. The number of nitrogens with two attached hydrogens (primary N) is 1. The van der Waals surface area contributed by atoms with Crippen LogP contribution in [0.2, 0.25) is 0 Å². The molecule has 0 radical (unpaired) electrons. The zero-order valence-corrected chi connectivity index (χ0v) is 19.5. The summed E-state index contributed by atoms with van der Waals surface area (Å²) in [6.07, 6.45) is 4.84. The minimum absolute atomic E-state index is 0.0836. The number of pyridine rings is 1. The quantitative estimate of drug-likeness (QED) is 0.399. The first-order valence-electron chi connectivity index (χ1n) is 11.2. The van der Waals surface area contributed by atoms with E-state index in [4.69, 9.17) is 5.73 Å². The Labute approximate surface area is 193 Å². The number of imidazole rings is 1. The number of anilines is 1. The highest BCUT2D eigenvalue weighted by molar-refractivity contribution is 5.85. The number of para-hydroxylation sites is 1. The minimum Gasteiger partial charge on any atom is -0.382 e. The van der Waals surface area contributed by atoms with Crippen molar-refractivity contribution in [3.8, 4) is 5.69 Å². The molecule has 3 heterocycles. The number of nitrogen functional groups attached to an aromatic ring is 1. The van der Waals surface area contributed by atoms with Crippen LogP contribution in [0.15, 0.2) is 72.0 Å². The molecule has 0 saturated heterocycles. The van der Waals surface area contributed by atoms with E-state index in [-0.39, 0.29) is 5.56 Å². The topological polar surface area (TPSA) is 102 Å². The Morgan fingerprint density at radius 3 is 2.45 bits per heavy atom. The summed E-state index contributed by atoms with van der Waals surface area (Å²) in [6, 6.07) is 18.1. The van der Waals surface area contributed by atoms with Crippen LogP contribution in [0.25, 0.3) is 27.6 Å². The largest absolute Gasteiger partial charge is 0.382 e. The van der Waals surface area contributed by atoms with Crippen molar-refractivity contribution in [2.75, 3.05) is 5.73 Å². The Morgan fingerprint density at radius 2 is 1.76 bits per heavy atom. The second-order valence-corrected chi connectivity index (χ2v) is 7.26. The molecule has 0 aliphatic rings. The number of benzene rings is 2. The van der Waals surface area contributed by atoms with Crippen LogP contribution in [0, 0.1) is 6.92 Å². The summed E-state index contributed by atoms with van der Waals surface area (Å²) in [7, 11) is 0. The summed E-state index contributed by atoms with van der Waals surface area (Å²) in [5.41, 5.74) is 9.91. The molecule has 0 aliphatic heterocycles. The highest BCUT2D eigenvalue weighted by atomic mass is 16.1. The molecule has 2 aromatic carbocycles. The lowest BCUT2D eigenvalue weighted by molar-refractivity contribution is 0.817. The first-order valence-corrected chi connectivity index (χ1v) is 11.2. The highest BCUT2D eigenvalue weighted by Crippen LogP contribution is 2.19. The van der Waals surface area contributed by atoms with E-state index in [1.807, 2.05) is 73.9 Å². The van der Waals surface area contributed by atoms with Gasteiger partial charge >= 0.3 is 0 Å². The van der Waals surface area contributed by atoms with Gasteiger partial charge in [-0.3, -0.25) is 9.36 Å². The molecule has 0 bridgehead atoms. The maximum atomic E-state index is 13.0. The number of rotatable bonds is 3. The predicted octanol–water partition coefficient (Wildman–Crippen LogP) is 5.21. The fourth-order valence-electron chi connectivity index (χ4n) is 3.67. The van der Waals surface area contributed by atoms with E-state index in [9.17, 15) is 4.79 Å². The zero-order chi connectivity index (χ0) is 23.8. The van der Waals surface area contributed by atoms with Gasteiger partial charge in [-0.15, -0.1) is 0 Å². The second kappa shape index (κ2) is 11.0. The average molecular weight is 443 g/mol. The van der Waals surface area contributed by atoms with Crippen molar-refractivity contribution in [1.29, 1.82) is 0 Å². The van der Waals surface area contributed by atoms with Gasteiger partial charge < -0.3 is 10.7 Å². The number of fused-ring (bicyclic) bond motifs is 2. The van der Waals surface area contributed by atoms with Crippen molar-refractivity contribution in [3.05, 3.63) is 88.9 Å². The normalized spacial score (nSPS) is 10.3. The van der Waals surface area contributed by atoms with Gasteiger partial charge in [0.15, 0.2) is 11.5 Å². The number of hydrogen-bond acceptors (Lipinski definition) is 5. The Kier molecular flexibility index (Phi) is 7.91. The van der Waals surface area contributed by atoms with Crippen LogP contribution in [-0.2, 0) is 6.42 Å². The standard InChI is InChI=1S/C19H19NO.C5H5N5.C2H6/c1-3-8-17-13-15-10-7-9-14(2)18(15)19(21)20(17)16-11-5-4-6-12-16;6-4-3-5(9-1-7-3)10-2-8-4;1-2/h4-7,9-13H,3,8H2,1-2H3;1-2H,(H3,6,7,8,9,10);1-2H3. The molecule has 33 heavy (non-hydrogen) atoms. The van der Waals surface area contributed by atoms with Crippen molar-refractivity contribution in [2.45, 2.75) is 40.5 Å². The lowest BCUT2D eigenvalue weighted by atomic mass is 10.0. The fourth-order valence-corrected chi connectivity index (χ4v) is 3.67. The number of aromatic amines is 1. The van der Waals surface area contributed by atoms with E-state index in [1.165, 1.54) is 12.7 Å². The molecule has 0 spiro atoms. The minimum atomic E-state index is 0.0836. The SMILES string of the molecule is CC.CCCc1cc2cccc(C)c2c(=O)n1-c1ccccc1.Nc1ncnc2nc[nH]c12. The summed E-state index contributed by atoms with van der Waals surface area (Å²) in [5, 5.41) is 1.86. The first-order chi connectivity index (χ1) is 16.1. The molecule has 3 N–H and O–H groups in total. The van der Waals surface area contributed by atoms with Crippen LogP contribution in [0.5, 0.6) is 0 Å². The Balaban J connectivity index is 0.000000212. The van der Waals surface area contributed by atoms with Crippen molar-refractivity contribution >= 4 is 27.8 Å². The smallest absolute Gasteiger partial charge is 0.263 e. The second-order valence-electron chi connectivity index (χ2n) is 7.26. The third-order valence-corrected chi connectivity index (χ3v) is 5.10. The van der Waals surface area contributed by atoms with E-state index >= 15 is 0 Å². The van der Waals surface area contributed by atoms with Crippen molar-refractivity contribution in [2.24, 2.45) is 0 Å². The van der Waals surface area contributed by atoms with Crippen molar-refractivity contribution in [1.82, 2.24) is 24.5 Å². The van der Waals surface area contributed by atoms with Gasteiger partial charge in [0.2, 0.25) is 0 Å². The summed E-state index contributed by atoms with van der Waals surface area (Å²) >= 11 is 0. The number of nitrogens with one attached hydrogen (secondary N) is 1. The van der Waals surface area contributed by atoms with Crippen LogP contribution in [-0.4, -0.2) is 24.5 Å². The van der Waals surface area contributed by atoms with Crippen molar-refractivity contribution < 1.29 is 0 Å². The summed E-state index contributed by atoms with van der Waals surface area (Å²) in [5.74, 6) is 0.433. The third-order valence-electron chi connectivity index (χ3n) is 5.10. The lowest BCUT2D eigenvalue weighted by Gasteiger charge is -2.15. The van der Waals surface area contributed by atoms with Crippen LogP contribution in [0.4, 0.5) is 5.82 Å². The average Bonchev–Trinajstić information content (AvgIpc) is 3.32. The van der Waals surface area contributed by atoms with E-state index in [1.54, 1.807) is 0 Å². The molecule has 5 rings (SSSR count). The van der Waals surface area contributed by atoms with Gasteiger partial charge in [0.05, 0.1) is 11.7 Å². The van der Waals surface area contributed by atoms with Gasteiger partial charge in [0, 0.05) is 11.4 Å². The van der Waals surface area contributed by atoms with E-state index < -0.39 is 0 Å². The van der Waals surface area contributed by atoms with Gasteiger partial charge in [-0.25, -0.2) is 15.0 Å². The molecule has 7 heteroatoms. The highest BCUT2D eigenvalue weighted by Gasteiger charge is 2.11. The predicted molar refractivity (Wildman–Crippen MR) is 136 cm³/mol. The molecule has 3 aromatic heterocycles. The maximum Gasteiger partial charge on any atom is 0.263 e. The van der Waals surface area contributed by atoms with Gasteiger partial charge in [0.1, 0.15) is 11.8 Å². The molecule has 0 atom stereocenters.